The molecule has 2 aromatic rings. The molecule has 1 aromatic carbocycles. The molecule has 0 saturated carbocycles. The largest absolute Gasteiger partial charge is 0.488 e. The maximum atomic E-state index is 12.5. The van der Waals surface area contributed by atoms with Crippen LogP contribution in [0.1, 0.15) is 39.9 Å². The Morgan fingerprint density at radius 2 is 2.07 bits per heavy atom. The number of aryl methyl sites for hydroxylation is 1. The first-order chi connectivity index (χ1) is 13.7. The number of ether oxygens (including phenoxy) is 1. The molecule has 1 saturated heterocycles. The summed E-state index contributed by atoms with van der Waals surface area (Å²) >= 11 is 7.81. The van der Waals surface area contributed by atoms with Gasteiger partial charge in [0.05, 0.1) is 27.1 Å². The third kappa shape index (κ3) is 6.17. The Bertz CT molecular complexity index is 861. The first kappa shape index (κ1) is 22.1. The SMILES string of the molecule is CN=Cc1ccc(OCc2sc(C3CCN(CC(F)(F)F)CC3)nc2C)cc1Cl. The van der Waals surface area contributed by atoms with Gasteiger partial charge in [-0.25, -0.2) is 4.98 Å². The molecule has 29 heavy (non-hydrogen) atoms. The Kier molecular flexibility index (Phi) is 7.19. The van der Waals surface area contributed by atoms with Gasteiger partial charge in [-0.05, 0) is 51.1 Å². The van der Waals surface area contributed by atoms with Crippen LogP contribution < -0.4 is 4.74 Å². The molecular formula is C20H23ClF3N3OS. The zero-order valence-corrected chi connectivity index (χ0v) is 17.9. The third-order valence-corrected chi connectivity index (χ3v) is 6.48. The smallest absolute Gasteiger partial charge is 0.401 e. The highest BCUT2D eigenvalue weighted by Crippen LogP contribution is 2.34. The van der Waals surface area contributed by atoms with Gasteiger partial charge in [0.15, 0.2) is 0 Å². The van der Waals surface area contributed by atoms with E-state index in [-0.39, 0.29) is 5.92 Å². The van der Waals surface area contributed by atoms with Gasteiger partial charge in [-0.3, -0.25) is 9.89 Å². The minimum Gasteiger partial charge on any atom is -0.488 e. The normalized spacial score (nSPS) is 16.6. The van der Waals surface area contributed by atoms with Gasteiger partial charge >= 0.3 is 6.18 Å². The number of thiazole rings is 1. The lowest BCUT2D eigenvalue weighted by Gasteiger charge is -2.31. The number of benzene rings is 1. The number of halogens is 4. The van der Waals surface area contributed by atoms with Crippen LogP contribution in [0.4, 0.5) is 13.2 Å². The molecule has 0 unspecified atom stereocenters. The highest BCUT2D eigenvalue weighted by atomic mass is 35.5. The summed E-state index contributed by atoms with van der Waals surface area (Å²) in [6.45, 7) is 2.38. The van der Waals surface area contributed by atoms with E-state index in [0.717, 1.165) is 21.1 Å². The van der Waals surface area contributed by atoms with Crippen LogP contribution in [0.3, 0.4) is 0 Å². The minimum absolute atomic E-state index is 0.207. The molecule has 0 N–H and O–H groups in total. The summed E-state index contributed by atoms with van der Waals surface area (Å²) < 4.78 is 43.5. The van der Waals surface area contributed by atoms with Crippen LogP contribution in [-0.2, 0) is 6.61 Å². The summed E-state index contributed by atoms with van der Waals surface area (Å²) in [5, 5.41) is 1.56. The van der Waals surface area contributed by atoms with E-state index in [1.807, 2.05) is 19.1 Å². The standard InChI is InChI=1S/C20H23ClF3N3OS/c1-13-18(11-28-16-4-3-15(10-25-2)17(21)9-16)29-19(26-13)14-5-7-27(8-6-14)12-20(22,23)24/h3-4,9-10,14H,5-8,11-12H2,1-2H3. The third-order valence-electron chi connectivity index (χ3n) is 4.86. The van der Waals surface area contributed by atoms with E-state index < -0.39 is 12.7 Å². The van der Waals surface area contributed by atoms with E-state index in [2.05, 4.69) is 9.98 Å². The number of aliphatic imine (C=N–C) groups is 1. The molecule has 0 spiro atoms. The zero-order chi connectivity index (χ0) is 21.0. The highest BCUT2D eigenvalue weighted by Gasteiger charge is 2.33. The molecule has 0 radical (unpaired) electrons. The van der Waals surface area contributed by atoms with Crippen LogP contribution >= 0.6 is 22.9 Å². The van der Waals surface area contributed by atoms with Crippen LogP contribution in [-0.4, -0.2) is 49.0 Å². The van der Waals surface area contributed by atoms with Crippen molar-refractivity contribution >= 4 is 29.2 Å². The fourth-order valence-electron chi connectivity index (χ4n) is 3.34. The van der Waals surface area contributed by atoms with E-state index in [4.69, 9.17) is 16.3 Å². The van der Waals surface area contributed by atoms with Crippen LogP contribution in [0.2, 0.25) is 5.02 Å². The number of aromatic nitrogens is 1. The minimum atomic E-state index is -4.14. The molecular weight excluding hydrogens is 423 g/mol. The second kappa shape index (κ2) is 9.45. The molecule has 3 rings (SSSR count). The van der Waals surface area contributed by atoms with E-state index in [9.17, 15) is 13.2 Å². The van der Waals surface area contributed by atoms with Gasteiger partial charge in [-0.1, -0.05) is 11.6 Å². The maximum absolute atomic E-state index is 12.5. The second-order valence-corrected chi connectivity index (χ2v) is 8.61. The summed E-state index contributed by atoms with van der Waals surface area (Å²) in [6, 6.07) is 5.45. The van der Waals surface area contributed by atoms with Crippen molar-refractivity contribution in [2.45, 2.75) is 38.5 Å². The van der Waals surface area contributed by atoms with Crippen molar-refractivity contribution in [2.24, 2.45) is 4.99 Å². The fraction of sp³-hybridized carbons (Fsp3) is 0.500. The predicted octanol–water partition coefficient (Wildman–Crippen LogP) is 5.47. The molecule has 0 aliphatic carbocycles. The van der Waals surface area contributed by atoms with Gasteiger partial charge in [-0.2, -0.15) is 13.2 Å². The van der Waals surface area contributed by atoms with Crippen molar-refractivity contribution in [2.75, 3.05) is 26.7 Å². The Morgan fingerprint density at radius 1 is 1.34 bits per heavy atom. The van der Waals surface area contributed by atoms with E-state index in [1.165, 1.54) is 4.90 Å². The summed E-state index contributed by atoms with van der Waals surface area (Å²) in [5.41, 5.74) is 1.73. The van der Waals surface area contributed by atoms with Gasteiger partial charge in [0, 0.05) is 24.7 Å². The van der Waals surface area contributed by atoms with E-state index in [0.29, 0.717) is 43.3 Å². The van der Waals surface area contributed by atoms with Crippen molar-refractivity contribution in [3.63, 3.8) is 0 Å². The average Bonchev–Trinajstić information content (AvgIpc) is 3.02. The van der Waals surface area contributed by atoms with Crippen molar-refractivity contribution < 1.29 is 17.9 Å². The lowest BCUT2D eigenvalue weighted by atomic mass is 9.97. The number of hydrogen-bond acceptors (Lipinski definition) is 5. The number of alkyl halides is 3. The molecule has 1 aliphatic heterocycles. The summed E-state index contributed by atoms with van der Waals surface area (Å²) in [7, 11) is 1.69. The van der Waals surface area contributed by atoms with Crippen LogP contribution in [0.5, 0.6) is 5.75 Å². The Labute approximate surface area is 177 Å². The number of hydrogen-bond donors (Lipinski definition) is 0. The number of piperidine rings is 1. The van der Waals surface area contributed by atoms with Crippen LogP contribution in [0.15, 0.2) is 23.2 Å². The number of likely N-dealkylation sites (tertiary alicyclic amines) is 1. The highest BCUT2D eigenvalue weighted by molar-refractivity contribution is 7.11. The molecule has 158 valence electrons. The average molecular weight is 446 g/mol. The zero-order valence-electron chi connectivity index (χ0n) is 16.3. The fourth-order valence-corrected chi connectivity index (χ4v) is 4.71. The van der Waals surface area contributed by atoms with Crippen LogP contribution in [0.25, 0.3) is 0 Å². The monoisotopic (exact) mass is 445 g/mol. The molecule has 0 amide bonds. The Morgan fingerprint density at radius 3 is 2.69 bits per heavy atom. The van der Waals surface area contributed by atoms with E-state index >= 15 is 0 Å². The summed E-state index contributed by atoms with van der Waals surface area (Å²) in [5.74, 6) is 0.872. The summed E-state index contributed by atoms with van der Waals surface area (Å²) in [4.78, 5) is 11.1. The van der Waals surface area contributed by atoms with Crippen molar-refractivity contribution in [1.29, 1.82) is 0 Å². The Balaban J connectivity index is 1.58. The van der Waals surface area contributed by atoms with Crippen LogP contribution in [0, 0.1) is 6.92 Å². The number of nitrogens with zero attached hydrogens (tertiary/aromatic N) is 3. The maximum Gasteiger partial charge on any atom is 0.401 e. The predicted molar refractivity (Wildman–Crippen MR) is 111 cm³/mol. The lowest BCUT2D eigenvalue weighted by Crippen LogP contribution is -2.39. The van der Waals surface area contributed by atoms with Gasteiger partial charge in [0.1, 0.15) is 12.4 Å². The molecule has 0 bridgehead atoms. The first-order valence-corrected chi connectivity index (χ1v) is 10.5. The Hall–Kier alpha value is -1.64. The molecule has 0 atom stereocenters. The number of rotatable bonds is 6. The van der Waals surface area contributed by atoms with Crippen molar-refractivity contribution in [3.05, 3.63) is 44.4 Å². The van der Waals surface area contributed by atoms with Crippen molar-refractivity contribution in [3.8, 4) is 5.75 Å². The van der Waals surface area contributed by atoms with Gasteiger partial charge < -0.3 is 4.74 Å². The molecule has 1 aliphatic rings. The molecule has 2 heterocycles. The topological polar surface area (TPSA) is 37.7 Å². The molecule has 9 heteroatoms. The quantitative estimate of drug-likeness (QED) is 0.553. The van der Waals surface area contributed by atoms with Gasteiger partial charge in [-0.15, -0.1) is 11.3 Å². The van der Waals surface area contributed by atoms with Gasteiger partial charge in [0.2, 0.25) is 0 Å². The second-order valence-electron chi connectivity index (χ2n) is 7.09. The van der Waals surface area contributed by atoms with Gasteiger partial charge in [0.25, 0.3) is 0 Å². The lowest BCUT2D eigenvalue weighted by molar-refractivity contribution is -0.147. The molecule has 1 aromatic heterocycles. The molecule has 4 nitrogen and oxygen atoms in total. The molecule has 1 fully saturated rings. The van der Waals surface area contributed by atoms with E-state index in [1.54, 1.807) is 30.7 Å². The summed E-state index contributed by atoms with van der Waals surface area (Å²) in [6.07, 6.45) is -1.07. The first-order valence-electron chi connectivity index (χ1n) is 9.35. The van der Waals surface area contributed by atoms with Crippen molar-refractivity contribution in [1.82, 2.24) is 9.88 Å².